The summed E-state index contributed by atoms with van der Waals surface area (Å²) in [7, 11) is 0. The normalized spacial score (nSPS) is 21.6. The Bertz CT molecular complexity index is 972. The van der Waals surface area contributed by atoms with Crippen LogP contribution in [-0.2, 0) is 4.74 Å². The number of hydrogen-bond acceptors (Lipinski definition) is 3. The molecule has 3 nitrogen and oxygen atoms in total. The molecule has 3 atom stereocenters. The van der Waals surface area contributed by atoms with Crippen LogP contribution in [0.2, 0.25) is 0 Å². The van der Waals surface area contributed by atoms with Crippen molar-refractivity contribution in [1.29, 1.82) is 5.26 Å². The maximum Gasteiger partial charge on any atom is 0.217 e. The molecule has 3 aromatic carbocycles. The second-order valence-corrected chi connectivity index (χ2v) is 6.79. The Kier molecular flexibility index (Phi) is 4.72. The highest BCUT2D eigenvalue weighted by Crippen LogP contribution is 2.42. The topological polar surface area (TPSA) is 45.4 Å². The van der Waals surface area contributed by atoms with Crippen molar-refractivity contribution in [3.05, 3.63) is 107 Å². The van der Waals surface area contributed by atoms with Gasteiger partial charge in [0.2, 0.25) is 5.90 Å². The molecule has 0 saturated carbocycles. The van der Waals surface area contributed by atoms with E-state index < -0.39 is 0 Å². The molecule has 1 aliphatic rings. The number of nitrogens with zero attached hydrogens (tertiary/aromatic N) is 2. The molecule has 0 spiro atoms. The first kappa shape index (κ1) is 17.1. The fourth-order valence-corrected chi connectivity index (χ4v) is 3.54. The van der Waals surface area contributed by atoms with Crippen LogP contribution in [0.4, 0.5) is 0 Å². The second-order valence-electron chi connectivity index (χ2n) is 6.79. The average molecular weight is 352 g/mol. The summed E-state index contributed by atoms with van der Waals surface area (Å²) in [4.78, 5) is 4.95. The van der Waals surface area contributed by atoms with Crippen molar-refractivity contribution < 1.29 is 4.74 Å². The minimum Gasteiger partial charge on any atom is -0.469 e. The molecule has 0 bridgehead atoms. The van der Waals surface area contributed by atoms with E-state index in [1.807, 2.05) is 72.8 Å². The van der Waals surface area contributed by atoms with E-state index in [0.717, 1.165) is 16.7 Å². The summed E-state index contributed by atoms with van der Waals surface area (Å²) in [6.07, 6.45) is -0.0838. The Morgan fingerprint density at radius 3 is 2.07 bits per heavy atom. The number of hydrogen-bond donors (Lipinski definition) is 0. The first-order chi connectivity index (χ1) is 13.3. The van der Waals surface area contributed by atoms with E-state index in [9.17, 15) is 0 Å². The van der Waals surface area contributed by atoms with E-state index in [1.54, 1.807) is 0 Å². The number of rotatable bonds is 3. The first-order valence-corrected chi connectivity index (χ1v) is 9.11. The van der Waals surface area contributed by atoms with Crippen LogP contribution in [0.3, 0.4) is 0 Å². The molecule has 0 aromatic heterocycles. The fourth-order valence-electron chi connectivity index (χ4n) is 3.54. The summed E-state index contributed by atoms with van der Waals surface area (Å²) in [5.74, 6) is 0.824. The van der Waals surface area contributed by atoms with Gasteiger partial charge < -0.3 is 4.74 Å². The summed E-state index contributed by atoms with van der Waals surface area (Å²) in [5.41, 5.74) is 3.88. The lowest BCUT2D eigenvalue weighted by Gasteiger charge is -2.35. The lowest BCUT2D eigenvalue weighted by atomic mass is 9.85. The van der Waals surface area contributed by atoms with Crippen molar-refractivity contribution in [2.75, 3.05) is 0 Å². The zero-order chi connectivity index (χ0) is 18.6. The predicted octanol–water partition coefficient (Wildman–Crippen LogP) is 5.45. The summed E-state index contributed by atoms with van der Waals surface area (Å²) in [5, 5.41) is 9.07. The molecule has 0 fully saturated rings. The van der Waals surface area contributed by atoms with Gasteiger partial charge in [0.15, 0.2) is 0 Å². The van der Waals surface area contributed by atoms with Gasteiger partial charge in [-0.05, 0) is 35.4 Å². The molecular formula is C24H20N2O. The number of benzene rings is 3. The molecule has 27 heavy (non-hydrogen) atoms. The van der Waals surface area contributed by atoms with Crippen molar-refractivity contribution in [1.82, 2.24) is 0 Å². The molecule has 0 radical (unpaired) electrons. The fraction of sp³-hybridized carbons (Fsp3) is 0.167. The summed E-state index contributed by atoms with van der Waals surface area (Å²) >= 11 is 0. The lowest BCUT2D eigenvalue weighted by Crippen LogP contribution is -2.28. The van der Waals surface area contributed by atoms with Crippen LogP contribution in [-0.4, -0.2) is 5.90 Å². The second kappa shape index (κ2) is 7.47. The number of ether oxygens (including phenoxy) is 1. The van der Waals surface area contributed by atoms with Gasteiger partial charge in [-0.2, -0.15) is 5.26 Å². The van der Waals surface area contributed by atoms with Gasteiger partial charge in [-0.3, -0.25) is 0 Å². The van der Waals surface area contributed by atoms with E-state index in [0.29, 0.717) is 11.5 Å². The molecule has 4 rings (SSSR count). The molecule has 1 heterocycles. The van der Waals surface area contributed by atoms with Gasteiger partial charge in [-0.25, -0.2) is 4.99 Å². The molecular weight excluding hydrogens is 332 g/mol. The monoisotopic (exact) mass is 352 g/mol. The van der Waals surface area contributed by atoms with Crippen molar-refractivity contribution in [2.24, 2.45) is 10.9 Å². The Balaban J connectivity index is 1.78. The summed E-state index contributed by atoms with van der Waals surface area (Å²) < 4.78 is 6.37. The van der Waals surface area contributed by atoms with Crippen LogP contribution >= 0.6 is 0 Å². The minimum absolute atomic E-state index is 0.0353. The zero-order valence-corrected chi connectivity index (χ0v) is 15.1. The molecule has 0 saturated heterocycles. The minimum atomic E-state index is -0.0838. The molecule has 0 aliphatic carbocycles. The Morgan fingerprint density at radius 2 is 1.44 bits per heavy atom. The van der Waals surface area contributed by atoms with Crippen molar-refractivity contribution in [3.63, 3.8) is 0 Å². The molecule has 0 unspecified atom stereocenters. The molecule has 3 heteroatoms. The van der Waals surface area contributed by atoms with Gasteiger partial charge in [0.1, 0.15) is 6.10 Å². The highest BCUT2D eigenvalue weighted by molar-refractivity contribution is 5.94. The highest BCUT2D eigenvalue weighted by atomic mass is 16.5. The van der Waals surface area contributed by atoms with E-state index in [4.69, 9.17) is 15.0 Å². The maximum absolute atomic E-state index is 9.07. The Labute approximate surface area is 159 Å². The van der Waals surface area contributed by atoms with E-state index >= 15 is 0 Å². The predicted molar refractivity (Wildman–Crippen MR) is 106 cm³/mol. The standard InChI is InChI=1S/C24H20N2O/c1-17-22(19-14-12-18(16-25)13-15-19)26-24(21-10-6-3-7-11-21)27-23(17)20-8-4-2-5-9-20/h2-15,17,22-23H,1H3/t17-,22-,23+/m0/s1. The first-order valence-electron chi connectivity index (χ1n) is 9.11. The van der Waals surface area contributed by atoms with Gasteiger partial charge in [0.25, 0.3) is 0 Å². The third kappa shape index (κ3) is 3.47. The van der Waals surface area contributed by atoms with Gasteiger partial charge in [-0.15, -0.1) is 0 Å². The largest absolute Gasteiger partial charge is 0.469 e. The molecule has 0 N–H and O–H groups in total. The van der Waals surface area contributed by atoms with E-state index in [-0.39, 0.29) is 18.1 Å². The van der Waals surface area contributed by atoms with Gasteiger partial charge in [0, 0.05) is 11.5 Å². The third-order valence-electron chi connectivity index (χ3n) is 5.00. The lowest BCUT2D eigenvalue weighted by molar-refractivity contribution is 0.0955. The summed E-state index contributed by atoms with van der Waals surface area (Å²) in [6, 6.07) is 30.2. The van der Waals surface area contributed by atoms with Crippen molar-refractivity contribution in [2.45, 2.75) is 19.1 Å². The maximum atomic E-state index is 9.07. The molecule has 132 valence electrons. The van der Waals surface area contributed by atoms with Crippen LogP contribution in [0.5, 0.6) is 0 Å². The van der Waals surface area contributed by atoms with Gasteiger partial charge >= 0.3 is 0 Å². The van der Waals surface area contributed by atoms with Gasteiger partial charge in [0.05, 0.1) is 17.7 Å². The van der Waals surface area contributed by atoms with Gasteiger partial charge in [-0.1, -0.05) is 67.6 Å². The number of nitriles is 1. The van der Waals surface area contributed by atoms with Crippen molar-refractivity contribution in [3.8, 4) is 6.07 Å². The Morgan fingerprint density at radius 1 is 0.815 bits per heavy atom. The quantitative estimate of drug-likeness (QED) is 0.629. The highest BCUT2D eigenvalue weighted by Gasteiger charge is 2.35. The van der Waals surface area contributed by atoms with E-state index in [1.165, 1.54) is 0 Å². The molecule has 1 aliphatic heterocycles. The summed E-state index contributed by atoms with van der Waals surface area (Å²) in [6.45, 7) is 2.17. The Hall–Kier alpha value is -3.38. The average Bonchev–Trinajstić information content (AvgIpc) is 2.75. The van der Waals surface area contributed by atoms with Crippen LogP contribution in [0, 0.1) is 17.2 Å². The van der Waals surface area contributed by atoms with Crippen LogP contribution in [0.25, 0.3) is 0 Å². The molecule has 3 aromatic rings. The van der Waals surface area contributed by atoms with Crippen LogP contribution in [0.1, 0.15) is 41.3 Å². The van der Waals surface area contributed by atoms with Crippen molar-refractivity contribution >= 4 is 5.90 Å². The smallest absolute Gasteiger partial charge is 0.217 e. The van der Waals surface area contributed by atoms with E-state index in [2.05, 4.69) is 25.1 Å². The number of aliphatic imine (C=N–C) groups is 1. The SMILES string of the molecule is C[C@H]1[C@@H](c2ccc(C#N)cc2)N=C(c2ccccc2)O[C@H]1c1ccccc1. The molecule has 0 amide bonds. The van der Waals surface area contributed by atoms with Crippen LogP contribution < -0.4 is 0 Å². The zero-order valence-electron chi connectivity index (χ0n) is 15.1. The van der Waals surface area contributed by atoms with Crippen LogP contribution in [0.15, 0.2) is 89.9 Å². The third-order valence-corrected chi connectivity index (χ3v) is 5.00.